The Labute approximate surface area is 193 Å². The zero-order valence-electron chi connectivity index (χ0n) is 20.4. The van der Waals surface area contributed by atoms with Crippen LogP contribution in [0.5, 0.6) is 11.5 Å². The second-order valence-electron chi connectivity index (χ2n) is 9.82. The number of rotatable bonds is 10. The molecule has 0 radical (unpaired) electrons. The van der Waals surface area contributed by atoms with Gasteiger partial charge in [-0.1, -0.05) is 24.3 Å². The van der Waals surface area contributed by atoms with E-state index in [1.807, 2.05) is 24.1 Å². The molecular weight excluding hydrogens is 402 g/mol. The molecular formula is C26H39N3O3. The van der Waals surface area contributed by atoms with Crippen LogP contribution >= 0.6 is 0 Å². The van der Waals surface area contributed by atoms with E-state index in [1.165, 1.54) is 11.1 Å². The molecule has 1 heterocycles. The third-order valence-electron chi connectivity index (χ3n) is 6.74. The highest BCUT2D eigenvalue weighted by molar-refractivity contribution is 5.42. The number of aromatic hydroxyl groups is 1. The fraction of sp³-hybridized carbons (Fsp3) is 0.538. The van der Waals surface area contributed by atoms with Gasteiger partial charge in [-0.2, -0.15) is 0 Å². The van der Waals surface area contributed by atoms with Crippen LogP contribution in [0.2, 0.25) is 0 Å². The number of nitrogens with zero attached hydrogens (tertiary/aromatic N) is 3. The molecule has 32 heavy (non-hydrogen) atoms. The highest BCUT2D eigenvalue weighted by Crippen LogP contribution is 2.36. The number of methoxy groups -OCH3 is 1. The number of aliphatic hydroxyl groups excluding tert-OH is 1. The first-order valence-corrected chi connectivity index (χ1v) is 11.4. The van der Waals surface area contributed by atoms with Gasteiger partial charge >= 0.3 is 0 Å². The van der Waals surface area contributed by atoms with E-state index in [2.05, 4.69) is 55.9 Å². The molecule has 1 aliphatic heterocycles. The molecule has 0 aliphatic carbocycles. The fourth-order valence-electron chi connectivity index (χ4n) is 4.32. The maximum atomic E-state index is 11.0. The summed E-state index contributed by atoms with van der Waals surface area (Å²) in [7, 11) is 7.66. The van der Waals surface area contributed by atoms with Crippen LogP contribution in [0.15, 0.2) is 36.4 Å². The quantitative estimate of drug-likeness (QED) is 0.550. The normalized spacial score (nSPS) is 15.4. The summed E-state index contributed by atoms with van der Waals surface area (Å²) in [5.74, 6) is 0.693. The molecule has 0 spiro atoms. The first kappa shape index (κ1) is 24.5. The number of phenolic OH excluding ortho intramolecular Hbond substituents is 1. The molecule has 3 rings (SSSR count). The van der Waals surface area contributed by atoms with E-state index < -0.39 is 6.23 Å². The van der Waals surface area contributed by atoms with Crippen molar-refractivity contribution in [2.45, 2.75) is 51.5 Å². The first-order chi connectivity index (χ1) is 15.1. The Bertz CT molecular complexity index is 913. The number of aliphatic hydroxyl groups is 1. The van der Waals surface area contributed by atoms with Gasteiger partial charge in [-0.25, -0.2) is 0 Å². The molecule has 0 amide bonds. The second-order valence-corrected chi connectivity index (χ2v) is 9.82. The van der Waals surface area contributed by atoms with Gasteiger partial charge in [-0.3, -0.25) is 9.80 Å². The summed E-state index contributed by atoms with van der Waals surface area (Å²) in [5.41, 5.74) is 4.73. The smallest absolute Gasteiger partial charge is 0.160 e. The summed E-state index contributed by atoms with van der Waals surface area (Å²) in [5, 5.41) is 20.9. The second kappa shape index (κ2) is 10.2. The zero-order valence-corrected chi connectivity index (χ0v) is 20.4. The van der Waals surface area contributed by atoms with Gasteiger partial charge in [0.1, 0.15) is 6.23 Å². The van der Waals surface area contributed by atoms with E-state index in [0.717, 1.165) is 50.1 Å². The van der Waals surface area contributed by atoms with Crippen LogP contribution in [-0.4, -0.2) is 71.8 Å². The van der Waals surface area contributed by atoms with Gasteiger partial charge in [-0.05, 0) is 76.7 Å². The number of hydrogen-bond donors (Lipinski definition) is 2. The largest absolute Gasteiger partial charge is 0.504 e. The van der Waals surface area contributed by atoms with Crippen molar-refractivity contribution in [2.24, 2.45) is 0 Å². The molecule has 0 fully saturated rings. The Balaban J connectivity index is 1.68. The molecule has 2 N–H and O–H groups in total. The van der Waals surface area contributed by atoms with Crippen molar-refractivity contribution in [3.8, 4) is 11.5 Å². The van der Waals surface area contributed by atoms with Crippen LogP contribution in [-0.2, 0) is 19.5 Å². The van der Waals surface area contributed by atoms with E-state index in [0.29, 0.717) is 5.75 Å². The number of fused-ring (bicyclic) bond motifs is 1. The standard InChI is InChI=1S/C26H39N3O3/c1-26(2,13-12-19-10-11-23(30)24(16-19)32-6)29-17-20-8-7-9-21(22(20)18-29)25(31)28(5)15-14-27(3)4/h7-11,16,25,30-31H,12-15,17-18H2,1-6H3. The van der Waals surface area contributed by atoms with Crippen LogP contribution < -0.4 is 4.74 Å². The third-order valence-corrected chi connectivity index (χ3v) is 6.74. The number of benzene rings is 2. The van der Waals surface area contributed by atoms with Gasteiger partial charge < -0.3 is 19.8 Å². The Kier molecular flexibility index (Phi) is 7.83. The summed E-state index contributed by atoms with van der Waals surface area (Å²) >= 11 is 0. The van der Waals surface area contributed by atoms with Crippen molar-refractivity contribution in [3.63, 3.8) is 0 Å². The predicted octanol–water partition coefficient (Wildman–Crippen LogP) is 3.61. The molecule has 0 aromatic heterocycles. The minimum atomic E-state index is -0.600. The van der Waals surface area contributed by atoms with Crippen molar-refractivity contribution < 1.29 is 14.9 Å². The summed E-state index contributed by atoms with van der Waals surface area (Å²) in [6, 6.07) is 11.9. The number of phenols is 1. The molecule has 0 bridgehead atoms. The molecule has 1 atom stereocenters. The SMILES string of the molecule is COc1cc(CCC(C)(C)N2Cc3cccc(C(O)N(C)CCN(C)C)c3C2)ccc1O. The summed E-state index contributed by atoms with van der Waals surface area (Å²) in [4.78, 5) is 6.65. The third kappa shape index (κ3) is 5.62. The van der Waals surface area contributed by atoms with Crippen LogP contribution in [0.25, 0.3) is 0 Å². The highest BCUT2D eigenvalue weighted by Gasteiger charge is 2.34. The molecule has 1 aliphatic rings. The van der Waals surface area contributed by atoms with Gasteiger partial charge in [0.05, 0.1) is 7.11 Å². The van der Waals surface area contributed by atoms with Gasteiger partial charge in [0, 0.05) is 37.3 Å². The predicted molar refractivity (Wildman–Crippen MR) is 129 cm³/mol. The number of likely N-dealkylation sites (N-methyl/N-ethyl adjacent to an activating group) is 2. The van der Waals surface area contributed by atoms with Crippen molar-refractivity contribution in [1.82, 2.24) is 14.7 Å². The topological polar surface area (TPSA) is 59.4 Å². The average molecular weight is 442 g/mol. The van der Waals surface area contributed by atoms with Gasteiger partial charge in [-0.15, -0.1) is 0 Å². The monoisotopic (exact) mass is 441 g/mol. The molecule has 176 valence electrons. The maximum absolute atomic E-state index is 11.0. The van der Waals surface area contributed by atoms with E-state index >= 15 is 0 Å². The lowest BCUT2D eigenvalue weighted by Crippen LogP contribution is -2.40. The number of ether oxygens (including phenoxy) is 1. The Morgan fingerprint density at radius 2 is 1.84 bits per heavy atom. The van der Waals surface area contributed by atoms with Crippen molar-refractivity contribution >= 4 is 0 Å². The van der Waals surface area contributed by atoms with Gasteiger partial charge in [0.25, 0.3) is 0 Å². The maximum Gasteiger partial charge on any atom is 0.160 e. The summed E-state index contributed by atoms with van der Waals surface area (Å²) in [6.07, 6.45) is 1.28. The molecule has 0 saturated carbocycles. The van der Waals surface area contributed by atoms with E-state index in [4.69, 9.17) is 4.74 Å². The van der Waals surface area contributed by atoms with Gasteiger partial charge in [0.15, 0.2) is 11.5 Å². The summed E-state index contributed by atoms with van der Waals surface area (Å²) < 4.78 is 5.25. The molecule has 2 aromatic rings. The minimum Gasteiger partial charge on any atom is -0.504 e. The minimum absolute atomic E-state index is 0.0107. The summed E-state index contributed by atoms with van der Waals surface area (Å²) in [6.45, 7) is 8.03. The molecule has 0 saturated heterocycles. The van der Waals surface area contributed by atoms with Crippen LogP contribution in [0.3, 0.4) is 0 Å². The number of hydrogen-bond acceptors (Lipinski definition) is 6. The van der Waals surface area contributed by atoms with E-state index in [-0.39, 0.29) is 11.3 Å². The van der Waals surface area contributed by atoms with Gasteiger partial charge in [0.2, 0.25) is 0 Å². The van der Waals surface area contributed by atoms with Crippen LogP contribution in [0.1, 0.15) is 48.8 Å². The average Bonchev–Trinajstić information content (AvgIpc) is 3.22. The Morgan fingerprint density at radius 3 is 2.53 bits per heavy atom. The van der Waals surface area contributed by atoms with Crippen molar-refractivity contribution in [1.29, 1.82) is 0 Å². The highest BCUT2D eigenvalue weighted by atomic mass is 16.5. The Hall–Kier alpha value is -2.12. The molecule has 6 heteroatoms. The lowest BCUT2D eigenvalue weighted by Gasteiger charge is -2.36. The molecule has 1 unspecified atom stereocenters. The fourth-order valence-corrected chi connectivity index (χ4v) is 4.32. The molecule has 6 nitrogen and oxygen atoms in total. The lowest BCUT2D eigenvalue weighted by atomic mass is 9.93. The first-order valence-electron chi connectivity index (χ1n) is 11.4. The van der Waals surface area contributed by atoms with Crippen molar-refractivity contribution in [3.05, 3.63) is 58.7 Å². The number of aryl methyl sites for hydroxylation is 1. The van der Waals surface area contributed by atoms with E-state index in [9.17, 15) is 10.2 Å². The van der Waals surface area contributed by atoms with Crippen LogP contribution in [0.4, 0.5) is 0 Å². The van der Waals surface area contributed by atoms with Crippen molar-refractivity contribution in [2.75, 3.05) is 41.3 Å². The zero-order chi connectivity index (χ0) is 23.5. The Morgan fingerprint density at radius 1 is 1.09 bits per heavy atom. The molecule has 2 aromatic carbocycles. The van der Waals surface area contributed by atoms with E-state index in [1.54, 1.807) is 13.2 Å². The lowest BCUT2D eigenvalue weighted by molar-refractivity contribution is 0.0162. The van der Waals surface area contributed by atoms with Crippen LogP contribution in [0, 0.1) is 0 Å².